The molecule has 0 spiro atoms. The lowest BCUT2D eigenvalue weighted by molar-refractivity contribution is 0.0696. The van der Waals surface area contributed by atoms with Crippen molar-refractivity contribution in [1.29, 1.82) is 0 Å². The molecule has 0 bridgehead atoms. The van der Waals surface area contributed by atoms with Crippen molar-refractivity contribution >= 4 is 17.1 Å². The number of aryl methyl sites for hydroxylation is 2. The summed E-state index contributed by atoms with van der Waals surface area (Å²) in [6.07, 6.45) is 1.52. The molecule has 0 aliphatic carbocycles. The van der Waals surface area contributed by atoms with Crippen LogP contribution in [-0.2, 0) is 21.1 Å². The maximum Gasteiger partial charge on any atom is 0.335 e. The van der Waals surface area contributed by atoms with Gasteiger partial charge in [-0.1, -0.05) is 0 Å². The first-order valence-corrected chi connectivity index (χ1v) is 7.11. The third-order valence-corrected chi connectivity index (χ3v) is 3.63. The lowest BCUT2D eigenvalue weighted by atomic mass is 10.2. The van der Waals surface area contributed by atoms with Crippen LogP contribution in [0.1, 0.15) is 10.4 Å². The number of phenols is 3. The molecule has 0 radical (unpaired) electrons. The Morgan fingerprint density at radius 2 is 1.54 bits per heavy atom. The fraction of sp³-hybridized carbons (Fsp3) is 0.200. The van der Waals surface area contributed by atoms with E-state index in [4.69, 9.17) is 20.4 Å². The quantitative estimate of drug-likeness (QED) is 0.419. The number of hydrogen-bond acceptors (Lipinski definition) is 7. The molecule has 2 aromatic heterocycles. The summed E-state index contributed by atoms with van der Waals surface area (Å²) in [6.45, 7) is 0. The van der Waals surface area contributed by atoms with E-state index >= 15 is 0 Å². The number of nitrogens with zero attached hydrogens (tertiary/aromatic N) is 4. The van der Waals surface area contributed by atoms with Crippen LogP contribution >= 0.6 is 0 Å². The largest absolute Gasteiger partial charge is 0.504 e. The van der Waals surface area contributed by atoms with E-state index in [-0.39, 0.29) is 16.8 Å². The first-order valence-electron chi connectivity index (χ1n) is 7.11. The van der Waals surface area contributed by atoms with Gasteiger partial charge in [0, 0.05) is 21.1 Å². The Balaban J connectivity index is 0.000000190. The van der Waals surface area contributed by atoms with Gasteiger partial charge in [-0.3, -0.25) is 13.9 Å². The Morgan fingerprint density at radius 1 is 1.00 bits per heavy atom. The van der Waals surface area contributed by atoms with Gasteiger partial charge < -0.3 is 25.0 Å². The number of benzene rings is 1. The standard InChI is InChI=1S/C8H10N4O2.C7H6O5/c1-10-4-9-6-5(10)7(13)12(3)8(14)11(6)2;8-4-1-3(7(11)12)2-5(9)6(4)10/h4H,1-3H3;1-2,8-10H,(H,11,12). The van der Waals surface area contributed by atoms with E-state index in [1.807, 2.05) is 0 Å². The van der Waals surface area contributed by atoms with Gasteiger partial charge in [0.05, 0.1) is 11.9 Å². The Labute approximate surface area is 145 Å². The summed E-state index contributed by atoms with van der Waals surface area (Å²) < 4.78 is 4.04. The monoisotopic (exact) mass is 364 g/mol. The molecular weight excluding hydrogens is 348 g/mol. The van der Waals surface area contributed by atoms with E-state index in [1.54, 1.807) is 18.7 Å². The number of carboxylic acids is 1. The van der Waals surface area contributed by atoms with Crippen LogP contribution in [0.2, 0.25) is 0 Å². The molecule has 3 aromatic rings. The molecule has 26 heavy (non-hydrogen) atoms. The number of aromatic nitrogens is 4. The van der Waals surface area contributed by atoms with Crippen LogP contribution in [0.4, 0.5) is 0 Å². The second-order valence-corrected chi connectivity index (χ2v) is 5.40. The van der Waals surface area contributed by atoms with Crippen LogP contribution in [0.3, 0.4) is 0 Å². The lowest BCUT2D eigenvalue weighted by Gasteiger charge is -2.02. The van der Waals surface area contributed by atoms with Gasteiger partial charge in [-0.2, -0.15) is 0 Å². The normalized spacial score (nSPS) is 10.4. The van der Waals surface area contributed by atoms with Crippen molar-refractivity contribution in [3.8, 4) is 17.2 Å². The maximum atomic E-state index is 11.7. The van der Waals surface area contributed by atoms with Crippen LogP contribution in [0, 0.1) is 0 Å². The predicted molar refractivity (Wildman–Crippen MR) is 89.6 cm³/mol. The number of carboxylic acid groups (broad SMARTS) is 1. The summed E-state index contributed by atoms with van der Waals surface area (Å²) in [4.78, 5) is 37.5. The molecule has 0 aliphatic heterocycles. The van der Waals surface area contributed by atoms with Gasteiger partial charge in [-0.05, 0) is 12.1 Å². The van der Waals surface area contributed by atoms with Crippen LogP contribution in [0.5, 0.6) is 17.2 Å². The van der Waals surface area contributed by atoms with Crippen molar-refractivity contribution in [3.63, 3.8) is 0 Å². The molecule has 0 saturated heterocycles. The Morgan fingerprint density at radius 3 is 2.04 bits per heavy atom. The highest BCUT2D eigenvalue weighted by molar-refractivity contribution is 5.89. The van der Waals surface area contributed by atoms with E-state index in [2.05, 4.69) is 4.98 Å². The zero-order chi connectivity index (χ0) is 19.8. The van der Waals surface area contributed by atoms with Crippen LogP contribution in [0.15, 0.2) is 28.0 Å². The van der Waals surface area contributed by atoms with Gasteiger partial charge in [0.25, 0.3) is 5.56 Å². The zero-order valence-electron chi connectivity index (χ0n) is 14.0. The van der Waals surface area contributed by atoms with Gasteiger partial charge in [0.15, 0.2) is 28.4 Å². The van der Waals surface area contributed by atoms with E-state index in [0.29, 0.717) is 11.2 Å². The molecule has 1 aromatic carbocycles. The van der Waals surface area contributed by atoms with Gasteiger partial charge in [0.1, 0.15) is 0 Å². The third kappa shape index (κ3) is 3.09. The van der Waals surface area contributed by atoms with Crippen molar-refractivity contribution in [2.24, 2.45) is 21.1 Å². The first kappa shape index (κ1) is 18.6. The smallest absolute Gasteiger partial charge is 0.335 e. The topological polar surface area (TPSA) is 160 Å². The van der Waals surface area contributed by atoms with Crippen molar-refractivity contribution in [2.75, 3.05) is 0 Å². The molecule has 11 nitrogen and oxygen atoms in total. The highest BCUT2D eigenvalue weighted by atomic mass is 16.4. The minimum Gasteiger partial charge on any atom is -0.504 e. The van der Waals surface area contributed by atoms with E-state index in [1.165, 1.54) is 17.9 Å². The minimum absolute atomic E-state index is 0.289. The number of rotatable bonds is 1. The molecule has 0 amide bonds. The van der Waals surface area contributed by atoms with Crippen molar-refractivity contribution in [3.05, 3.63) is 44.9 Å². The van der Waals surface area contributed by atoms with E-state index in [9.17, 15) is 14.4 Å². The molecule has 2 heterocycles. The summed E-state index contributed by atoms with van der Waals surface area (Å²) in [7, 11) is 4.77. The van der Waals surface area contributed by atoms with E-state index < -0.39 is 23.2 Å². The molecule has 3 rings (SSSR count). The number of fused-ring (bicyclic) bond motifs is 1. The first-order chi connectivity index (χ1) is 12.1. The highest BCUT2D eigenvalue weighted by Crippen LogP contribution is 2.35. The number of phenolic OH excluding ortho intramolecular Hbond substituents is 3. The van der Waals surface area contributed by atoms with Gasteiger partial charge in [-0.15, -0.1) is 0 Å². The number of imidazole rings is 1. The summed E-state index contributed by atoms with van der Waals surface area (Å²) in [5, 5.41) is 35.0. The molecular formula is C15H16N4O7. The second-order valence-electron chi connectivity index (χ2n) is 5.40. The van der Waals surface area contributed by atoms with Gasteiger partial charge in [-0.25, -0.2) is 14.6 Å². The summed E-state index contributed by atoms with van der Waals surface area (Å²) in [5.74, 6) is -3.33. The van der Waals surface area contributed by atoms with Crippen LogP contribution in [-0.4, -0.2) is 45.1 Å². The molecule has 0 aliphatic rings. The van der Waals surface area contributed by atoms with E-state index in [0.717, 1.165) is 16.7 Å². The maximum absolute atomic E-state index is 11.7. The number of carbonyl (C=O) groups is 1. The predicted octanol–water partition coefficient (Wildman–Crippen LogP) is -0.528. The summed E-state index contributed by atoms with van der Waals surface area (Å²) >= 11 is 0. The lowest BCUT2D eigenvalue weighted by Crippen LogP contribution is -2.37. The Hall–Kier alpha value is -3.76. The van der Waals surface area contributed by atoms with Crippen molar-refractivity contribution in [1.82, 2.24) is 18.7 Å². The van der Waals surface area contributed by atoms with Gasteiger partial charge in [0.2, 0.25) is 0 Å². The fourth-order valence-electron chi connectivity index (χ4n) is 2.20. The minimum atomic E-state index is -1.29. The fourth-order valence-corrected chi connectivity index (χ4v) is 2.20. The number of hydrogen-bond donors (Lipinski definition) is 4. The highest BCUT2D eigenvalue weighted by Gasteiger charge is 2.12. The second kappa shape index (κ2) is 6.63. The number of aromatic hydroxyl groups is 3. The molecule has 0 unspecified atom stereocenters. The van der Waals surface area contributed by atoms with Crippen molar-refractivity contribution in [2.45, 2.75) is 0 Å². The molecule has 138 valence electrons. The number of aromatic carboxylic acids is 1. The average Bonchev–Trinajstić information content (AvgIpc) is 2.97. The molecule has 0 atom stereocenters. The molecule has 0 saturated carbocycles. The molecule has 11 heteroatoms. The zero-order valence-corrected chi connectivity index (χ0v) is 14.0. The average molecular weight is 364 g/mol. The van der Waals surface area contributed by atoms with Gasteiger partial charge >= 0.3 is 11.7 Å². The van der Waals surface area contributed by atoms with Crippen molar-refractivity contribution < 1.29 is 25.2 Å². The SMILES string of the molecule is Cn1c(=O)c2c(ncn2C)n(C)c1=O.O=C(O)c1cc(O)c(O)c(O)c1. The van der Waals surface area contributed by atoms with Crippen LogP contribution < -0.4 is 11.2 Å². The Kier molecular flexibility index (Phi) is 4.73. The molecule has 4 N–H and O–H groups in total. The third-order valence-electron chi connectivity index (χ3n) is 3.63. The molecule has 0 fully saturated rings. The van der Waals surface area contributed by atoms with Crippen LogP contribution in [0.25, 0.3) is 11.2 Å². The summed E-state index contributed by atoms with van der Waals surface area (Å²) in [5.41, 5.74) is -0.109. The summed E-state index contributed by atoms with van der Waals surface area (Å²) in [6, 6.07) is 1.69. The Bertz CT molecular complexity index is 1100.